The van der Waals surface area contributed by atoms with Crippen LogP contribution in [-0.2, 0) is 20.1 Å². The van der Waals surface area contributed by atoms with E-state index in [4.69, 9.17) is 0 Å². The Kier molecular flexibility index (Phi) is 4.08. The number of amides is 2. The minimum absolute atomic E-state index is 0.0358. The van der Waals surface area contributed by atoms with Crippen molar-refractivity contribution in [2.75, 3.05) is 0 Å². The van der Waals surface area contributed by atoms with Crippen LogP contribution in [0, 0.1) is 5.92 Å². The van der Waals surface area contributed by atoms with Crippen molar-refractivity contribution in [2.24, 2.45) is 13.0 Å². The van der Waals surface area contributed by atoms with Crippen LogP contribution in [0.3, 0.4) is 0 Å². The lowest BCUT2D eigenvalue weighted by atomic mass is 10.2. The number of nitrogens with one attached hydrogen (secondary N) is 2. The second kappa shape index (κ2) is 6.17. The molecular formula is C14H21N7O. The van der Waals surface area contributed by atoms with Crippen LogP contribution in [0.25, 0.3) is 0 Å². The van der Waals surface area contributed by atoms with Crippen molar-refractivity contribution < 1.29 is 4.79 Å². The van der Waals surface area contributed by atoms with Crippen LogP contribution in [0.4, 0.5) is 4.79 Å². The van der Waals surface area contributed by atoms with Gasteiger partial charge in [-0.1, -0.05) is 0 Å². The topological polar surface area (TPSA) is 89.7 Å². The molecule has 0 saturated heterocycles. The van der Waals surface area contributed by atoms with E-state index in [1.54, 1.807) is 17.2 Å². The molecule has 118 valence electrons. The summed E-state index contributed by atoms with van der Waals surface area (Å²) in [6, 6.07) is -0.239. The van der Waals surface area contributed by atoms with E-state index in [-0.39, 0.29) is 12.1 Å². The molecule has 0 aromatic carbocycles. The SMILES string of the molecule is CCn1ncc(CNC(=O)NC(c2nccn2C)C2CC2)n1. The number of carbonyl (C=O) groups is 1. The molecule has 8 heteroatoms. The van der Waals surface area contributed by atoms with Crippen LogP contribution in [0.1, 0.15) is 37.3 Å². The number of imidazole rings is 1. The van der Waals surface area contributed by atoms with Crippen LogP contribution >= 0.6 is 0 Å². The Morgan fingerprint density at radius 3 is 2.91 bits per heavy atom. The van der Waals surface area contributed by atoms with E-state index < -0.39 is 0 Å². The van der Waals surface area contributed by atoms with E-state index in [1.165, 1.54) is 0 Å². The number of aryl methyl sites for hydroxylation is 2. The fourth-order valence-electron chi connectivity index (χ4n) is 2.43. The summed E-state index contributed by atoms with van der Waals surface area (Å²) in [5, 5.41) is 14.2. The number of aromatic nitrogens is 5. The number of nitrogens with zero attached hydrogens (tertiary/aromatic N) is 5. The van der Waals surface area contributed by atoms with Gasteiger partial charge in [-0.3, -0.25) is 0 Å². The molecule has 2 heterocycles. The van der Waals surface area contributed by atoms with Crippen LogP contribution < -0.4 is 10.6 Å². The average Bonchev–Trinajstić information content (AvgIpc) is 3.10. The highest BCUT2D eigenvalue weighted by molar-refractivity contribution is 5.74. The third kappa shape index (κ3) is 3.26. The van der Waals surface area contributed by atoms with Crippen LogP contribution in [0.15, 0.2) is 18.6 Å². The summed E-state index contributed by atoms with van der Waals surface area (Å²) in [5.74, 6) is 1.38. The third-order valence-corrected chi connectivity index (χ3v) is 3.81. The van der Waals surface area contributed by atoms with Crippen LogP contribution in [0.5, 0.6) is 0 Å². The molecule has 1 saturated carbocycles. The highest BCUT2D eigenvalue weighted by Crippen LogP contribution is 2.40. The summed E-state index contributed by atoms with van der Waals surface area (Å²) < 4.78 is 1.95. The number of rotatable bonds is 6. The van der Waals surface area contributed by atoms with Crippen molar-refractivity contribution in [3.8, 4) is 0 Å². The van der Waals surface area contributed by atoms with Crippen LogP contribution in [-0.4, -0.2) is 30.6 Å². The molecule has 1 aliphatic carbocycles. The Labute approximate surface area is 128 Å². The number of hydrogen-bond donors (Lipinski definition) is 2. The van der Waals surface area contributed by atoms with Crippen molar-refractivity contribution in [1.29, 1.82) is 0 Å². The van der Waals surface area contributed by atoms with Crippen molar-refractivity contribution in [3.05, 3.63) is 30.1 Å². The van der Waals surface area contributed by atoms with E-state index in [0.717, 1.165) is 30.9 Å². The molecule has 1 aliphatic rings. The molecule has 2 N–H and O–H groups in total. The third-order valence-electron chi connectivity index (χ3n) is 3.81. The molecule has 0 bridgehead atoms. The maximum Gasteiger partial charge on any atom is 0.315 e. The Balaban J connectivity index is 1.56. The summed E-state index contributed by atoms with van der Waals surface area (Å²) in [4.78, 5) is 18.1. The van der Waals surface area contributed by atoms with Gasteiger partial charge in [0, 0.05) is 19.4 Å². The van der Waals surface area contributed by atoms with Crippen molar-refractivity contribution in [1.82, 2.24) is 35.2 Å². The largest absolute Gasteiger partial charge is 0.336 e. The van der Waals surface area contributed by atoms with Gasteiger partial charge in [0.15, 0.2) is 0 Å². The molecule has 1 fully saturated rings. The molecule has 8 nitrogen and oxygen atoms in total. The second-order valence-corrected chi connectivity index (χ2v) is 5.56. The smallest absolute Gasteiger partial charge is 0.315 e. The first-order valence-electron chi connectivity index (χ1n) is 7.58. The molecule has 0 aliphatic heterocycles. The van der Waals surface area contributed by atoms with E-state index in [0.29, 0.717) is 12.5 Å². The van der Waals surface area contributed by atoms with E-state index in [9.17, 15) is 4.79 Å². The standard InChI is InChI=1S/C14H21N7O/c1-3-21-17-9-11(19-21)8-16-14(22)18-12(10-4-5-10)13-15-6-7-20(13)2/h6-7,9-10,12H,3-5,8H2,1-2H3,(H2,16,18,22). The number of urea groups is 1. The van der Waals surface area contributed by atoms with Gasteiger partial charge in [-0.15, -0.1) is 0 Å². The number of carbonyl (C=O) groups excluding carboxylic acids is 1. The normalized spacial score (nSPS) is 15.5. The maximum absolute atomic E-state index is 12.1. The molecule has 2 amide bonds. The van der Waals surface area contributed by atoms with Gasteiger partial charge in [0.05, 0.1) is 25.3 Å². The molecule has 0 radical (unpaired) electrons. The summed E-state index contributed by atoms with van der Waals surface area (Å²) in [7, 11) is 1.94. The van der Waals surface area contributed by atoms with E-state index >= 15 is 0 Å². The monoisotopic (exact) mass is 303 g/mol. The Morgan fingerprint density at radius 2 is 2.32 bits per heavy atom. The van der Waals surface area contributed by atoms with Gasteiger partial charge in [0.25, 0.3) is 0 Å². The lowest BCUT2D eigenvalue weighted by Crippen LogP contribution is -2.39. The highest BCUT2D eigenvalue weighted by atomic mass is 16.2. The zero-order valence-corrected chi connectivity index (χ0v) is 12.9. The predicted molar refractivity (Wildman–Crippen MR) is 79.7 cm³/mol. The first kappa shape index (κ1) is 14.6. The Morgan fingerprint density at radius 1 is 1.50 bits per heavy atom. The summed E-state index contributed by atoms with van der Waals surface area (Å²) in [6.45, 7) is 3.05. The second-order valence-electron chi connectivity index (χ2n) is 5.56. The Hall–Kier alpha value is -2.38. The van der Waals surface area contributed by atoms with Gasteiger partial charge in [-0.05, 0) is 25.7 Å². The molecule has 1 atom stereocenters. The van der Waals surface area contributed by atoms with Crippen molar-refractivity contribution in [2.45, 2.75) is 38.9 Å². The summed E-state index contributed by atoms with van der Waals surface area (Å²) in [5.41, 5.74) is 0.747. The molecular weight excluding hydrogens is 282 g/mol. The van der Waals surface area contributed by atoms with Gasteiger partial charge in [-0.2, -0.15) is 15.0 Å². The lowest BCUT2D eigenvalue weighted by molar-refractivity contribution is 0.234. The average molecular weight is 303 g/mol. The first-order chi connectivity index (χ1) is 10.7. The molecule has 1 unspecified atom stereocenters. The lowest BCUT2D eigenvalue weighted by Gasteiger charge is -2.18. The number of hydrogen-bond acceptors (Lipinski definition) is 4. The minimum Gasteiger partial charge on any atom is -0.336 e. The zero-order chi connectivity index (χ0) is 15.5. The quantitative estimate of drug-likeness (QED) is 0.832. The molecule has 3 rings (SSSR count). The summed E-state index contributed by atoms with van der Waals surface area (Å²) in [6.07, 6.45) is 7.58. The van der Waals surface area contributed by atoms with Gasteiger partial charge >= 0.3 is 6.03 Å². The molecule has 22 heavy (non-hydrogen) atoms. The molecule has 2 aromatic heterocycles. The zero-order valence-electron chi connectivity index (χ0n) is 12.9. The van der Waals surface area contributed by atoms with E-state index in [1.807, 2.05) is 24.7 Å². The van der Waals surface area contributed by atoms with Gasteiger partial charge < -0.3 is 15.2 Å². The van der Waals surface area contributed by atoms with Crippen molar-refractivity contribution >= 4 is 6.03 Å². The van der Waals surface area contributed by atoms with Gasteiger partial charge in [0.1, 0.15) is 11.5 Å². The highest BCUT2D eigenvalue weighted by Gasteiger charge is 2.35. The van der Waals surface area contributed by atoms with Crippen molar-refractivity contribution in [3.63, 3.8) is 0 Å². The first-order valence-corrected chi connectivity index (χ1v) is 7.58. The minimum atomic E-state index is -0.203. The molecule has 0 spiro atoms. The predicted octanol–water partition coefficient (Wildman–Crippen LogP) is 0.982. The molecule has 2 aromatic rings. The van der Waals surface area contributed by atoms with Gasteiger partial charge in [-0.25, -0.2) is 9.78 Å². The maximum atomic E-state index is 12.1. The Bertz CT molecular complexity index is 643. The summed E-state index contributed by atoms with van der Waals surface area (Å²) >= 11 is 0. The van der Waals surface area contributed by atoms with Crippen LogP contribution in [0.2, 0.25) is 0 Å². The van der Waals surface area contributed by atoms with Gasteiger partial charge in [0.2, 0.25) is 0 Å². The van der Waals surface area contributed by atoms with E-state index in [2.05, 4.69) is 25.8 Å². The fourth-order valence-corrected chi connectivity index (χ4v) is 2.43. The fraction of sp³-hybridized carbons (Fsp3) is 0.571.